The third-order valence-electron chi connectivity index (χ3n) is 3.83. The van der Waals surface area contributed by atoms with Gasteiger partial charge in [-0.2, -0.15) is 4.98 Å². The Hall–Kier alpha value is -3.15. The average molecular weight is 306 g/mol. The van der Waals surface area contributed by atoms with Crippen LogP contribution in [0.2, 0.25) is 0 Å². The first kappa shape index (κ1) is 13.5. The Morgan fingerprint density at radius 2 is 1.87 bits per heavy atom. The van der Waals surface area contributed by atoms with E-state index in [9.17, 15) is 0 Å². The summed E-state index contributed by atoms with van der Waals surface area (Å²) < 4.78 is 10.5. The summed E-state index contributed by atoms with van der Waals surface area (Å²) in [7, 11) is 3.21. The van der Waals surface area contributed by atoms with Crippen LogP contribution in [0, 0.1) is 0 Å². The van der Waals surface area contributed by atoms with Gasteiger partial charge in [0.15, 0.2) is 0 Å². The summed E-state index contributed by atoms with van der Waals surface area (Å²) in [5.74, 6) is 1.15. The van der Waals surface area contributed by atoms with Crippen molar-refractivity contribution in [1.29, 1.82) is 0 Å². The zero-order valence-corrected chi connectivity index (χ0v) is 12.7. The summed E-state index contributed by atoms with van der Waals surface area (Å²) in [6.07, 6.45) is 3.44. The van der Waals surface area contributed by atoms with Crippen LogP contribution in [0.3, 0.4) is 0 Å². The predicted molar refractivity (Wildman–Crippen MR) is 87.7 cm³/mol. The Morgan fingerprint density at radius 1 is 0.957 bits per heavy atom. The first-order chi connectivity index (χ1) is 11.3. The third-order valence-corrected chi connectivity index (χ3v) is 3.83. The number of ether oxygens (including phenoxy) is 2. The molecule has 0 fully saturated rings. The number of H-pyrrole nitrogens is 1. The maximum Gasteiger partial charge on any atom is 0.224 e. The first-order valence-corrected chi connectivity index (χ1v) is 7.11. The highest BCUT2D eigenvalue weighted by atomic mass is 16.5. The lowest BCUT2D eigenvalue weighted by Crippen LogP contribution is -1.91. The molecular weight excluding hydrogens is 292 g/mol. The van der Waals surface area contributed by atoms with E-state index in [0.717, 1.165) is 33.1 Å². The van der Waals surface area contributed by atoms with Gasteiger partial charge in [-0.1, -0.05) is 6.07 Å². The van der Waals surface area contributed by atoms with Crippen LogP contribution in [-0.2, 0) is 0 Å². The van der Waals surface area contributed by atoms with E-state index in [1.54, 1.807) is 14.2 Å². The largest absolute Gasteiger partial charge is 0.481 e. The van der Waals surface area contributed by atoms with Gasteiger partial charge < -0.3 is 14.5 Å². The molecule has 0 unspecified atom stereocenters. The summed E-state index contributed by atoms with van der Waals surface area (Å²) in [4.78, 5) is 16.0. The monoisotopic (exact) mass is 306 g/mol. The molecule has 4 aromatic rings. The molecule has 1 N–H and O–H groups in total. The minimum atomic E-state index is 0.566. The van der Waals surface area contributed by atoms with Gasteiger partial charge in [0.25, 0.3) is 0 Å². The first-order valence-electron chi connectivity index (χ1n) is 7.11. The third kappa shape index (κ3) is 2.15. The van der Waals surface area contributed by atoms with E-state index in [0.29, 0.717) is 11.8 Å². The number of pyridine rings is 1. The predicted octanol–water partition coefficient (Wildman–Crippen LogP) is 3.19. The lowest BCUT2D eigenvalue weighted by molar-refractivity contribution is 0.399. The van der Waals surface area contributed by atoms with Gasteiger partial charge in [-0.3, -0.25) is 0 Å². The highest BCUT2D eigenvalue weighted by molar-refractivity contribution is 5.97. The van der Waals surface area contributed by atoms with Gasteiger partial charge in [-0.15, -0.1) is 0 Å². The molecule has 0 saturated heterocycles. The van der Waals surface area contributed by atoms with Crippen molar-refractivity contribution in [3.8, 4) is 22.9 Å². The number of nitrogens with zero attached hydrogens (tertiary/aromatic N) is 3. The standard InChI is InChI=1S/C17H14N4O2/c1-22-15-6-4-11-13(8-18-16(11)21-15)10-3-5-14-12(7-10)17(23-2)20-9-19-14/h3-9H,1-2H3,(H,18,21). The number of hydrogen-bond donors (Lipinski definition) is 1. The van der Waals surface area contributed by atoms with Crippen molar-refractivity contribution in [3.05, 3.63) is 42.9 Å². The number of aromatic nitrogens is 4. The molecule has 6 nitrogen and oxygen atoms in total. The minimum Gasteiger partial charge on any atom is -0.481 e. The van der Waals surface area contributed by atoms with Crippen LogP contribution in [0.1, 0.15) is 0 Å². The van der Waals surface area contributed by atoms with Crippen molar-refractivity contribution in [1.82, 2.24) is 19.9 Å². The Balaban J connectivity index is 1.92. The van der Waals surface area contributed by atoms with Crippen molar-refractivity contribution >= 4 is 21.9 Å². The molecule has 0 saturated carbocycles. The van der Waals surface area contributed by atoms with Crippen LogP contribution in [0.15, 0.2) is 42.9 Å². The lowest BCUT2D eigenvalue weighted by atomic mass is 10.0. The Morgan fingerprint density at radius 3 is 2.70 bits per heavy atom. The van der Waals surface area contributed by atoms with Gasteiger partial charge >= 0.3 is 0 Å². The molecule has 4 rings (SSSR count). The number of aromatic amines is 1. The zero-order chi connectivity index (χ0) is 15.8. The highest BCUT2D eigenvalue weighted by Crippen LogP contribution is 2.32. The molecule has 0 amide bonds. The summed E-state index contributed by atoms with van der Waals surface area (Å²) in [5, 5.41) is 1.91. The maximum absolute atomic E-state index is 5.33. The normalized spacial score (nSPS) is 11.0. The molecule has 114 valence electrons. The molecule has 0 aliphatic heterocycles. The van der Waals surface area contributed by atoms with Gasteiger partial charge in [-0.05, 0) is 23.8 Å². The minimum absolute atomic E-state index is 0.566. The molecule has 0 radical (unpaired) electrons. The number of benzene rings is 1. The lowest BCUT2D eigenvalue weighted by Gasteiger charge is -2.06. The molecule has 0 aliphatic rings. The van der Waals surface area contributed by atoms with Crippen molar-refractivity contribution in [2.45, 2.75) is 0 Å². The van der Waals surface area contributed by atoms with Gasteiger partial charge in [0.05, 0.1) is 25.1 Å². The molecule has 6 heteroatoms. The number of fused-ring (bicyclic) bond motifs is 2. The molecule has 23 heavy (non-hydrogen) atoms. The SMILES string of the molecule is COc1ccc2c(-c3ccc4ncnc(OC)c4c3)c[nH]c2n1. The second-order valence-corrected chi connectivity index (χ2v) is 5.07. The van der Waals surface area contributed by atoms with E-state index >= 15 is 0 Å². The van der Waals surface area contributed by atoms with E-state index in [4.69, 9.17) is 9.47 Å². The molecule has 0 atom stereocenters. The Bertz CT molecular complexity index is 1010. The smallest absolute Gasteiger partial charge is 0.224 e. The van der Waals surface area contributed by atoms with Crippen LogP contribution >= 0.6 is 0 Å². The molecule has 3 aromatic heterocycles. The molecule has 3 heterocycles. The molecular formula is C17H14N4O2. The Labute approximate surface area is 132 Å². The number of methoxy groups -OCH3 is 2. The topological polar surface area (TPSA) is 72.9 Å². The molecule has 0 bridgehead atoms. The van der Waals surface area contributed by atoms with E-state index in [1.807, 2.05) is 36.5 Å². The highest BCUT2D eigenvalue weighted by Gasteiger charge is 2.11. The van der Waals surface area contributed by atoms with E-state index in [2.05, 4.69) is 19.9 Å². The zero-order valence-electron chi connectivity index (χ0n) is 12.7. The van der Waals surface area contributed by atoms with Crippen LogP contribution in [0.4, 0.5) is 0 Å². The second-order valence-electron chi connectivity index (χ2n) is 5.07. The quantitative estimate of drug-likeness (QED) is 0.629. The second kappa shape index (κ2) is 5.24. The van der Waals surface area contributed by atoms with Crippen LogP contribution in [0.25, 0.3) is 33.1 Å². The summed E-state index contributed by atoms with van der Waals surface area (Å²) >= 11 is 0. The van der Waals surface area contributed by atoms with Gasteiger partial charge in [0, 0.05) is 23.2 Å². The van der Waals surface area contributed by atoms with Crippen molar-refractivity contribution in [3.63, 3.8) is 0 Å². The van der Waals surface area contributed by atoms with Crippen molar-refractivity contribution < 1.29 is 9.47 Å². The van der Waals surface area contributed by atoms with Crippen LogP contribution in [0.5, 0.6) is 11.8 Å². The number of nitrogens with one attached hydrogen (secondary N) is 1. The van der Waals surface area contributed by atoms with Crippen LogP contribution in [-0.4, -0.2) is 34.2 Å². The fourth-order valence-electron chi connectivity index (χ4n) is 2.70. The van der Waals surface area contributed by atoms with Gasteiger partial charge in [0.1, 0.15) is 12.0 Å². The number of rotatable bonds is 3. The van der Waals surface area contributed by atoms with Gasteiger partial charge in [-0.25, -0.2) is 9.97 Å². The molecule has 1 aromatic carbocycles. The number of hydrogen-bond acceptors (Lipinski definition) is 5. The summed E-state index contributed by atoms with van der Waals surface area (Å²) in [5.41, 5.74) is 3.74. The fourth-order valence-corrected chi connectivity index (χ4v) is 2.70. The van der Waals surface area contributed by atoms with Crippen molar-refractivity contribution in [2.24, 2.45) is 0 Å². The van der Waals surface area contributed by atoms with Gasteiger partial charge in [0.2, 0.25) is 11.8 Å². The molecule has 0 aliphatic carbocycles. The Kier molecular flexibility index (Phi) is 3.08. The average Bonchev–Trinajstić information content (AvgIpc) is 3.03. The molecule has 0 spiro atoms. The maximum atomic E-state index is 5.33. The van der Waals surface area contributed by atoms with E-state index in [-0.39, 0.29) is 0 Å². The van der Waals surface area contributed by atoms with Crippen molar-refractivity contribution in [2.75, 3.05) is 14.2 Å². The summed E-state index contributed by atoms with van der Waals surface area (Å²) in [6, 6.07) is 9.87. The summed E-state index contributed by atoms with van der Waals surface area (Å²) in [6.45, 7) is 0. The fraction of sp³-hybridized carbons (Fsp3) is 0.118. The van der Waals surface area contributed by atoms with E-state index < -0.39 is 0 Å². The van der Waals surface area contributed by atoms with E-state index in [1.165, 1.54) is 6.33 Å². The van der Waals surface area contributed by atoms with Crippen LogP contribution < -0.4 is 9.47 Å².